The van der Waals surface area contributed by atoms with Gasteiger partial charge in [-0.05, 0) is 19.1 Å². The molecule has 0 saturated heterocycles. The first-order valence-corrected chi connectivity index (χ1v) is 4.89. The van der Waals surface area contributed by atoms with E-state index in [1.165, 1.54) is 19.3 Å². The number of carbonyl (C=O) groups excluding carboxylic acids is 1. The van der Waals surface area contributed by atoms with Crippen LogP contribution in [-0.4, -0.2) is 24.8 Å². The molecule has 16 heavy (non-hydrogen) atoms. The molecule has 0 radical (unpaired) electrons. The van der Waals surface area contributed by atoms with Gasteiger partial charge in [0.1, 0.15) is 0 Å². The van der Waals surface area contributed by atoms with Crippen LogP contribution in [0.25, 0.3) is 6.08 Å². The summed E-state index contributed by atoms with van der Waals surface area (Å²) >= 11 is 0. The highest BCUT2D eigenvalue weighted by molar-refractivity contribution is 5.87. The molecule has 1 rings (SSSR count). The Morgan fingerprint density at radius 3 is 2.88 bits per heavy atom. The molecule has 86 valence electrons. The Balaban J connectivity index is 2.92. The van der Waals surface area contributed by atoms with E-state index in [0.29, 0.717) is 17.9 Å². The maximum absolute atomic E-state index is 10.9. The third-order valence-corrected chi connectivity index (χ3v) is 1.93. The maximum atomic E-state index is 10.9. The number of benzene rings is 1. The van der Waals surface area contributed by atoms with Gasteiger partial charge in [0.2, 0.25) is 0 Å². The summed E-state index contributed by atoms with van der Waals surface area (Å²) in [5, 5.41) is 9.78. The van der Waals surface area contributed by atoms with Crippen molar-refractivity contribution in [2.24, 2.45) is 0 Å². The second kappa shape index (κ2) is 5.80. The number of para-hydroxylation sites is 1. The number of hydrogen-bond acceptors (Lipinski definition) is 4. The molecule has 4 heteroatoms. The summed E-state index contributed by atoms with van der Waals surface area (Å²) in [6.07, 6.45) is 2.72. The molecule has 0 amide bonds. The third kappa shape index (κ3) is 3.02. The van der Waals surface area contributed by atoms with E-state index in [4.69, 9.17) is 4.74 Å². The lowest BCUT2D eigenvalue weighted by molar-refractivity contribution is -0.134. The largest absolute Gasteiger partial charge is 0.504 e. The molecule has 0 aliphatic heterocycles. The van der Waals surface area contributed by atoms with Crippen LogP contribution in [0.1, 0.15) is 12.5 Å². The highest BCUT2D eigenvalue weighted by atomic mass is 16.5. The van der Waals surface area contributed by atoms with Crippen LogP contribution in [-0.2, 0) is 9.53 Å². The lowest BCUT2D eigenvalue weighted by atomic mass is 10.1. The van der Waals surface area contributed by atoms with Crippen molar-refractivity contribution < 1.29 is 19.4 Å². The van der Waals surface area contributed by atoms with Crippen molar-refractivity contribution in [3.63, 3.8) is 0 Å². The van der Waals surface area contributed by atoms with Crippen molar-refractivity contribution in [3.8, 4) is 11.5 Å². The van der Waals surface area contributed by atoms with Crippen LogP contribution in [0.2, 0.25) is 0 Å². The Morgan fingerprint density at radius 2 is 2.25 bits per heavy atom. The lowest BCUT2D eigenvalue weighted by Gasteiger charge is -2.07. The van der Waals surface area contributed by atoms with Gasteiger partial charge in [-0.25, -0.2) is 4.79 Å². The first kappa shape index (κ1) is 12.1. The Morgan fingerprint density at radius 1 is 1.50 bits per heavy atom. The quantitative estimate of drug-likeness (QED) is 0.625. The van der Waals surface area contributed by atoms with Crippen molar-refractivity contribution in [1.82, 2.24) is 0 Å². The fraction of sp³-hybridized carbons (Fsp3) is 0.250. The number of methoxy groups -OCH3 is 1. The fourth-order valence-corrected chi connectivity index (χ4v) is 1.17. The minimum absolute atomic E-state index is 0.0181. The van der Waals surface area contributed by atoms with Crippen LogP contribution in [0.5, 0.6) is 11.5 Å². The molecule has 0 bridgehead atoms. The Hall–Kier alpha value is -1.97. The van der Waals surface area contributed by atoms with Crippen molar-refractivity contribution >= 4 is 12.0 Å². The molecule has 0 unspecified atom stereocenters. The van der Waals surface area contributed by atoms with Gasteiger partial charge in [-0.2, -0.15) is 0 Å². The van der Waals surface area contributed by atoms with Crippen LogP contribution in [0.4, 0.5) is 0 Å². The number of phenols is 1. The second-order valence-electron chi connectivity index (χ2n) is 2.98. The van der Waals surface area contributed by atoms with Gasteiger partial charge in [-0.3, -0.25) is 0 Å². The summed E-state index contributed by atoms with van der Waals surface area (Å²) in [6.45, 7) is 2.30. The van der Waals surface area contributed by atoms with E-state index >= 15 is 0 Å². The predicted molar refractivity (Wildman–Crippen MR) is 60.3 cm³/mol. The number of rotatable bonds is 4. The maximum Gasteiger partial charge on any atom is 0.330 e. The van der Waals surface area contributed by atoms with Crippen LogP contribution < -0.4 is 4.74 Å². The van der Waals surface area contributed by atoms with Gasteiger partial charge in [-0.1, -0.05) is 12.1 Å². The Kier molecular flexibility index (Phi) is 4.39. The van der Waals surface area contributed by atoms with Gasteiger partial charge < -0.3 is 14.6 Å². The van der Waals surface area contributed by atoms with Gasteiger partial charge in [0.15, 0.2) is 11.5 Å². The number of hydrogen-bond donors (Lipinski definition) is 1. The smallest absolute Gasteiger partial charge is 0.330 e. The minimum Gasteiger partial charge on any atom is -0.504 e. The molecule has 0 spiro atoms. The predicted octanol–water partition coefficient (Wildman–Crippen LogP) is 1.98. The average molecular weight is 222 g/mol. The molecule has 0 saturated carbocycles. The monoisotopic (exact) mass is 222 g/mol. The van der Waals surface area contributed by atoms with Gasteiger partial charge in [0.05, 0.1) is 13.7 Å². The number of phenolic OH excluding ortho intramolecular Hbond substituents is 1. The molecule has 0 fully saturated rings. The molecule has 0 heterocycles. The van der Waals surface area contributed by atoms with Crippen LogP contribution in [0, 0.1) is 0 Å². The molecule has 1 N–H and O–H groups in total. The summed E-state index contributed by atoms with van der Waals surface area (Å²) < 4.78 is 9.66. The zero-order chi connectivity index (χ0) is 12.0. The van der Waals surface area contributed by atoms with Gasteiger partial charge in [-0.15, -0.1) is 0 Å². The lowest BCUT2D eigenvalue weighted by Crippen LogP contribution is -1.94. The summed E-state index contributed by atoms with van der Waals surface area (Å²) in [4.78, 5) is 10.9. The van der Waals surface area contributed by atoms with E-state index in [1.807, 2.05) is 6.92 Å². The van der Waals surface area contributed by atoms with Crippen molar-refractivity contribution in [2.45, 2.75) is 6.92 Å². The summed E-state index contributed by atoms with van der Waals surface area (Å²) in [6, 6.07) is 5.08. The fourth-order valence-electron chi connectivity index (χ4n) is 1.17. The molecular formula is C12H14O4. The van der Waals surface area contributed by atoms with Gasteiger partial charge >= 0.3 is 5.97 Å². The molecular weight excluding hydrogens is 208 g/mol. The highest BCUT2D eigenvalue weighted by Crippen LogP contribution is 2.30. The average Bonchev–Trinajstić information content (AvgIpc) is 2.30. The SMILES string of the molecule is CCOc1cccc(/C=C/C(=O)OC)c1O. The molecule has 0 aliphatic rings. The Labute approximate surface area is 94.1 Å². The third-order valence-electron chi connectivity index (χ3n) is 1.93. The van der Waals surface area contributed by atoms with E-state index < -0.39 is 5.97 Å². The molecule has 0 aromatic heterocycles. The van der Waals surface area contributed by atoms with Gasteiger partial charge in [0.25, 0.3) is 0 Å². The van der Waals surface area contributed by atoms with Gasteiger partial charge in [0, 0.05) is 11.6 Å². The minimum atomic E-state index is -0.471. The van der Waals surface area contributed by atoms with E-state index in [2.05, 4.69) is 4.74 Å². The number of esters is 1. The van der Waals surface area contributed by atoms with E-state index in [0.717, 1.165) is 0 Å². The van der Waals surface area contributed by atoms with Crippen LogP contribution in [0.15, 0.2) is 24.3 Å². The van der Waals surface area contributed by atoms with E-state index in [9.17, 15) is 9.90 Å². The number of aromatic hydroxyl groups is 1. The van der Waals surface area contributed by atoms with Crippen LogP contribution in [0.3, 0.4) is 0 Å². The molecule has 1 aromatic rings. The standard InChI is InChI=1S/C12H14O4/c1-3-16-10-6-4-5-9(12(10)14)7-8-11(13)15-2/h4-8,14H,3H2,1-2H3/b8-7+. The molecule has 0 atom stereocenters. The Bertz CT molecular complexity index is 396. The van der Waals surface area contributed by atoms with Crippen molar-refractivity contribution in [3.05, 3.63) is 29.8 Å². The number of ether oxygens (including phenoxy) is 2. The molecule has 0 aliphatic carbocycles. The zero-order valence-electron chi connectivity index (χ0n) is 9.27. The molecule has 1 aromatic carbocycles. The normalized spacial score (nSPS) is 10.4. The second-order valence-corrected chi connectivity index (χ2v) is 2.98. The molecule has 4 nitrogen and oxygen atoms in total. The topological polar surface area (TPSA) is 55.8 Å². The van der Waals surface area contributed by atoms with E-state index in [-0.39, 0.29) is 5.75 Å². The summed E-state index contributed by atoms with van der Waals surface area (Å²) in [5.41, 5.74) is 0.511. The number of carbonyl (C=O) groups is 1. The highest BCUT2D eigenvalue weighted by Gasteiger charge is 2.05. The van der Waals surface area contributed by atoms with E-state index in [1.54, 1.807) is 18.2 Å². The first-order valence-electron chi connectivity index (χ1n) is 4.89. The summed E-state index contributed by atoms with van der Waals surface area (Å²) in [5.74, 6) is -0.0553. The van der Waals surface area contributed by atoms with Crippen LogP contribution >= 0.6 is 0 Å². The van der Waals surface area contributed by atoms with Crippen molar-refractivity contribution in [1.29, 1.82) is 0 Å². The summed E-state index contributed by atoms with van der Waals surface area (Å²) in [7, 11) is 1.29. The zero-order valence-corrected chi connectivity index (χ0v) is 9.27. The first-order chi connectivity index (χ1) is 7.69. The van der Waals surface area contributed by atoms with Crippen molar-refractivity contribution in [2.75, 3.05) is 13.7 Å².